The zero-order valence-corrected chi connectivity index (χ0v) is 29.2. The zero-order chi connectivity index (χ0) is 38.5. The molecule has 0 aliphatic carbocycles. The smallest absolute Gasteiger partial charge is 0.404 e. The number of carbonyl (C=O) groups excluding carboxylic acids is 7. The molecule has 0 unspecified atom stereocenters. The van der Waals surface area contributed by atoms with Gasteiger partial charge in [0.2, 0.25) is 17.7 Å². The molecule has 282 valence electrons. The van der Waals surface area contributed by atoms with Crippen LogP contribution in [0.5, 0.6) is 11.5 Å². The first kappa shape index (κ1) is 41.5. The number of nitrogens with one attached hydrogen (secondary N) is 2. The molecule has 1 saturated heterocycles. The Labute approximate surface area is 295 Å². The minimum atomic E-state index is -4.75. The summed E-state index contributed by atoms with van der Waals surface area (Å²) in [5.41, 5.74) is 1.02. The fourth-order valence-corrected chi connectivity index (χ4v) is 5.40. The topological polar surface area (TPSA) is 293 Å². The lowest BCUT2D eigenvalue weighted by molar-refractivity contribution is -0.196. The van der Waals surface area contributed by atoms with Crippen molar-refractivity contribution in [1.82, 2.24) is 20.6 Å². The molecular formula is C30H36N4O16P2. The monoisotopic (exact) mass is 770 g/mol. The number of phosphoric ester groups is 2. The second-order valence-electron chi connectivity index (χ2n) is 11.2. The van der Waals surface area contributed by atoms with Gasteiger partial charge in [0, 0.05) is 45.3 Å². The first-order chi connectivity index (χ1) is 24.4. The summed E-state index contributed by atoms with van der Waals surface area (Å²) in [5, 5.41) is 5.10. The second-order valence-corrected chi connectivity index (χ2v) is 13.5. The summed E-state index contributed by atoms with van der Waals surface area (Å²) in [7, 11) is -9.50. The summed E-state index contributed by atoms with van der Waals surface area (Å²) in [6.45, 7) is -0.895. The van der Waals surface area contributed by atoms with E-state index in [1.807, 2.05) is 0 Å². The predicted molar refractivity (Wildman–Crippen MR) is 174 cm³/mol. The van der Waals surface area contributed by atoms with E-state index in [0.717, 1.165) is 0 Å². The van der Waals surface area contributed by atoms with Crippen molar-refractivity contribution in [2.45, 2.75) is 44.9 Å². The van der Waals surface area contributed by atoms with Gasteiger partial charge >= 0.3 is 21.6 Å². The van der Waals surface area contributed by atoms with E-state index in [0.29, 0.717) is 16.2 Å². The molecule has 1 aliphatic rings. The van der Waals surface area contributed by atoms with Gasteiger partial charge in [-0.2, -0.15) is 0 Å². The van der Waals surface area contributed by atoms with Crippen molar-refractivity contribution in [2.24, 2.45) is 0 Å². The average Bonchev–Trinajstić information content (AvgIpc) is 3.35. The SMILES string of the molecule is O=C(CCCN(CCNC(=O)Cc1ccc(OP(=O)(O)O)cc1)C(=O)CC(=O)NCC(=O)ON1C(=O)CCC1=O)Cc1ccc(OP(=O)(O)O)cc1. The molecule has 0 radical (unpaired) electrons. The van der Waals surface area contributed by atoms with Gasteiger partial charge in [-0.3, -0.25) is 48.3 Å². The van der Waals surface area contributed by atoms with Crippen LogP contribution in [0.4, 0.5) is 0 Å². The summed E-state index contributed by atoms with van der Waals surface area (Å²) >= 11 is 0. The third-order valence-electron chi connectivity index (χ3n) is 6.94. The molecule has 1 heterocycles. The van der Waals surface area contributed by atoms with Crippen LogP contribution in [0.15, 0.2) is 48.5 Å². The lowest BCUT2D eigenvalue weighted by Gasteiger charge is -2.23. The van der Waals surface area contributed by atoms with Crippen LogP contribution >= 0.6 is 15.6 Å². The molecule has 20 nitrogen and oxygen atoms in total. The number of imide groups is 1. The number of hydrogen-bond donors (Lipinski definition) is 6. The molecule has 0 spiro atoms. The molecule has 5 amide bonds. The highest BCUT2D eigenvalue weighted by molar-refractivity contribution is 7.47. The Hall–Kier alpha value is -4.97. The fraction of sp³-hybridized carbons (Fsp3) is 0.367. The number of benzene rings is 2. The molecule has 3 rings (SSSR count). The second kappa shape index (κ2) is 19.0. The number of hydroxylamine groups is 2. The molecule has 1 fully saturated rings. The van der Waals surface area contributed by atoms with E-state index in [1.54, 1.807) is 0 Å². The predicted octanol–water partition coefficient (Wildman–Crippen LogP) is -0.178. The molecule has 0 aromatic heterocycles. The number of rotatable bonds is 20. The standard InChI is InChI=1S/C30H36N4O16P2/c35-22(16-20-3-7-23(8-4-20)49-51(42,43)44)2-1-14-33(15-13-31-25(36)17-21-5-9-24(10-6-21)50-52(45,46)47)29(40)18-26(37)32-19-30(41)48-34-27(38)11-12-28(34)39/h3-10H,1-2,11-19H2,(H,31,36)(H,32,37)(H2,42,43,44)(H2,45,46,47). The van der Waals surface area contributed by atoms with Crippen LogP contribution in [0, 0.1) is 0 Å². The number of carbonyl (C=O) groups is 7. The Morgan fingerprint density at radius 1 is 0.731 bits per heavy atom. The van der Waals surface area contributed by atoms with Gasteiger partial charge in [-0.15, -0.1) is 5.06 Å². The van der Waals surface area contributed by atoms with Crippen molar-refractivity contribution in [2.75, 3.05) is 26.2 Å². The molecule has 1 aliphatic heterocycles. The van der Waals surface area contributed by atoms with E-state index >= 15 is 0 Å². The van der Waals surface area contributed by atoms with Crippen LogP contribution in [-0.4, -0.2) is 97.0 Å². The molecule has 2 aromatic rings. The molecule has 2 aromatic carbocycles. The number of nitrogens with zero attached hydrogens (tertiary/aromatic N) is 2. The molecule has 0 saturated carbocycles. The Morgan fingerprint density at radius 3 is 1.77 bits per heavy atom. The van der Waals surface area contributed by atoms with E-state index < -0.39 is 64.1 Å². The van der Waals surface area contributed by atoms with Crippen LogP contribution < -0.4 is 19.7 Å². The summed E-state index contributed by atoms with van der Waals surface area (Å²) in [4.78, 5) is 127. The third kappa shape index (κ3) is 15.5. The van der Waals surface area contributed by atoms with Crippen LogP contribution in [0.25, 0.3) is 0 Å². The Bertz CT molecular complexity index is 1640. The Kier molecular flexibility index (Phi) is 15.2. The molecule has 52 heavy (non-hydrogen) atoms. The molecule has 0 atom stereocenters. The van der Waals surface area contributed by atoms with Crippen LogP contribution in [0.1, 0.15) is 43.2 Å². The van der Waals surface area contributed by atoms with E-state index in [4.69, 9.17) is 19.6 Å². The van der Waals surface area contributed by atoms with E-state index in [9.17, 15) is 42.7 Å². The van der Waals surface area contributed by atoms with E-state index in [1.165, 1.54) is 53.4 Å². The fourth-order valence-electron chi connectivity index (χ4n) is 4.61. The summed E-state index contributed by atoms with van der Waals surface area (Å²) < 4.78 is 30.9. The normalized spacial score (nSPS) is 13.0. The number of hydrogen-bond acceptors (Lipinski definition) is 12. The van der Waals surface area contributed by atoms with Crippen LogP contribution in [-0.2, 0) is 60.4 Å². The van der Waals surface area contributed by atoms with Crippen molar-refractivity contribution in [3.8, 4) is 11.5 Å². The van der Waals surface area contributed by atoms with Gasteiger partial charge in [0.05, 0.1) is 6.42 Å². The van der Waals surface area contributed by atoms with Gasteiger partial charge in [0.15, 0.2) is 0 Å². The number of amides is 5. The third-order valence-corrected chi connectivity index (χ3v) is 7.84. The number of phosphoric acid groups is 2. The first-order valence-corrected chi connectivity index (χ1v) is 18.5. The van der Waals surface area contributed by atoms with Crippen LogP contribution in [0.3, 0.4) is 0 Å². The number of Topliss-reactive ketones (excluding diaryl/α,β-unsaturated/α-hetero) is 1. The van der Waals surface area contributed by atoms with Gasteiger partial charge < -0.3 is 29.4 Å². The quantitative estimate of drug-likeness (QED) is 0.0578. The van der Waals surface area contributed by atoms with Gasteiger partial charge in [-0.1, -0.05) is 24.3 Å². The highest BCUT2D eigenvalue weighted by atomic mass is 31.2. The lowest BCUT2D eigenvalue weighted by Crippen LogP contribution is -2.42. The van der Waals surface area contributed by atoms with Crippen molar-refractivity contribution >= 4 is 56.9 Å². The Balaban J connectivity index is 1.52. The minimum absolute atomic E-state index is 0.00454. The molecule has 6 N–H and O–H groups in total. The minimum Gasteiger partial charge on any atom is -0.404 e. The molecule has 22 heteroatoms. The highest BCUT2D eigenvalue weighted by Crippen LogP contribution is 2.38. The highest BCUT2D eigenvalue weighted by Gasteiger charge is 2.33. The molecular weight excluding hydrogens is 734 g/mol. The van der Waals surface area contributed by atoms with E-state index in [2.05, 4.69) is 24.5 Å². The van der Waals surface area contributed by atoms with Crippen molar-refractivity contribution in [3.05, 3.63) is 59.7 Å². The lowest BCUT2D eigenvalue weighted by atomic mass is 10.1. The molecule has 0 bridgehead atoms. The van der Waals surface area contributed by atoms with Crippen molar-refractivity contribution in [3.63, 3.8) is 0 Å². The van der Waals surface area contributed by atoms with Crippen LogP contribution in [0.2, 0.25) is 0 Å². The number of ketones is 1. The zero-order valence-electron chi connectivity index (χ0n) is 27.4. The van der Waals surface area contributed by atoms with Gasteiger partial charge in [-0.05, 0) is 41.8 Å². The van der Waals surface area contributed by atoms with Gasteiger partial charge in [0.1, 0.15) is 30.2 Å². The largest absolute Gasteiger partial charge is 0.524 e. The van der Waals surface area contributed by atoms with Gasteiger partial charge in [-0.25, -0.2) is 13.9 Å². The average molecular weight is 771 g/mol. The maximum Gasteiger partial charge on any atom is 0.524 e. The summed E-state index contributed by atoms with van der Waals surface area (Å²) in [6.07, 6.45) is -0.967. The van der Waals surface area contributed by atoms with Crippen molar-refractivity contribution in [1.29, 1.82) is 0 Å². The summed E-state index contributed by atoms with van der Waals surface area (Å²) in [6, 6.07) is 10.9. The maximum atomic E-state index is 13.1. The first-order valence-electron chi connectivity index (χ1n) is 15.4. The maximum absolute atomic E-state index is 13.1. The van der Waals surface area contributed by atoms with Crippen molar-refractivity contribution < 1.29 is 76.2 Å². The van der Waals surface area contributed by atoms with E-state index in [-0.39, 0.29) is 75.4 Å². The van der Waals surface area contributed by atoms with Gasteiger partial charge in [0.25, 0.3) is 11.8 Å². The summed E-state index contributed by atoms with van der Waals surface area (Å²) in [5.74, 6) is -5.02. The Morgan fingerprint density at radius 2 is 1.25 bits per heavy atom.